The van der Waals surface area contributed by atoms with Gasteiger partial charge in [-0.15, -0.1) is 0 Å². The maximum absolute atomic E-state index is 13.5. The zero-order valence-electron chi connectivity index (χ0n) is 11.0. The zero-order valence-corrected chi connectivity index (χ0v) is 12.6. The van der Waals surface area contributed by atoms with Crippen molar-refractivity contribution in [1.29, 1.82) is 0 Å². The number of carbonyl (C=O) groups is 1. The molecule has 0 fully saturated rings. The molecule has 0 saturated carbocycles. The minimum atomic E-state index is -0.437. The molecule has 0 spiro atoms. The molecule has 1 aromatic heterocycles. The summed E-state index contributed by atoms with van der Waals surface area (Å²) >= 11 is 3.10. The second kappa shape index (κ2) is 5.58. The van der Waals surface area contributed by atoms with E-state index in [1.165, 1.54) is 12.3 Å². The Hall–Kier alpha value is -1.95. The van der Waals surface area contributed by atoms with Crippen molar-refractivity contribution in [3.8, 4) is 0 Å². The van der Waals surface area contributed by atoms with Gasteiger partial charge in [-0.3, -0.25) is 9.78 Å². The van der Waals surface area contributed by atoms with Crippen LogP contribution in [0.1, 0.15) is 21.6 Å². The Morgan fingerprint density at radius 3 is 2.75 bits per heavy atom. The van der Waals surface area contributed by atoms with E-state index in [4.69, 9.17) is 5.73 Å². The molecule has 0 bridgehead atoms. The van der Waals surface area contributed by atoms with Crippen molar-refractivity contribution in [2.24, 2.45) is 0 Å². The zero-order chi connectivity index (χ0) is 14.9. The first-order chi connectivity index (χ1) is 9.38. The average Bonchev–Trinajstić information content (AvgIpc) is 2.38. The molecule has 0 aliphatic heterocycles. The highest BCUT2D eigenvalue weighted by molar-refractivity contribution is 9.10. The lowest BCUT2D eigenvalue weighted by Gasteiger charge is -2.11. The smallest absolute Gasteiger partial charge is 0.257 e. The van der Waals surface area contributed by atoms with Gasteiger partial charge in [0, 0.05) is 5.69 Å². The number of nitrogens with zero attached hydrogens (tertiary/aromatic N) is 1. The molecule has 3 N–H and O–H groups in total. The minimum absolute atomic E-state index is 0.356. The Morgan fingerprint density at radius 2 is 2.05 bits per heavy atom. The van der Waals surface area contributed by atoms with Crippen molar-refractivity contribution >= 4 is 33.2 Å². The van der Waals surface area contributed by atoms with Crippen LogP contribution in [0.15, 0.2) is 28.9 Å². The molecule has 6 heteroatoms. The monoisotopic (exact) mass is 337 g/mol. The second-order valence-corrected chi connectivity index (χ2v) is 5.29. The first kappa shape index (κ1) is 14.5. The highest BCUT2D eigenvalue weighted by Crippen LogP contribution is 2.24. The number of halogens is 2. The summed E-state index contributed by atoms with van der Waals surface area (Å²) in [6, 6.07) is 4.42. The number of aryl methyl sites for hydroxylation is 2. The van der Waals surface area contributed by atoms with Gasteiger partial charge in [0.15, 0.2) is 0 Å². The van der Waals surface area contributed by atoms with Crippen molar-refractivity contribution in [3.05, 3.63) is 51.5 Å². The van der Waals surface area contributed by atoms with Crippen LogP contribution in [0.3, 0.4) is 0 Å². The van der Waals surface area contributed by atoms with E-state index in [2.05, 4.69) is 26.2 Å². The molecule has 1 amide bonds. The van der Waals surface area contributed by atoms with Crippen LogP contribution >= 0.6 is 15.9 Å². The largest absolute Gasteiger partial charge is 0.397 e. The first-order valence-corrected chi connectivity index (χ1v) is 6.67. The number of benzene rings is 1. The summed E-state index contributed by atoms with van der Waals surface area (Å²) in [4.78, 5) is 16.2. The number of aromatic nitrogens is 1. The maximum atomic E-state index is 13.5. The molecular formula is C14H13BrFN3O. The van der Waals surface area contributed by atoms with Gasteiger partial charge in [0.25, 0.3) is 5.91 Å². The van der Waals surface area contributed by atoms with Gasteiger partial charge in [-0.25, -0.2) is 4.39 Å². The van der Waals surface area contributed by atoms with Crippen LogP contribution in [0.5, 0.6) is 0 Å². The lowest BCUT2D eigenvalue weighted by atomic mass is 10.1. The van der Waals surface area contributed by atoms with Gasteiger partial charge in [-0.1, -0.05) is 0 Å². The summed E-state index contributed by atoms with van der Waals surface area (Å²) in [6.07, 6.45) is 1.48. The summed E-state index contributed by atoms with van der Waals surface area (Å²) in [5, 5.41) is 2.67. The van der Waals surface area contributed by atoms with Crippen LogP contribution < -0.4 is 11.1 Å². The van der Waals surface area contributed by atoms with Gasteiger partial charge in [-0.2, -0.15) is 0 Å². The highest BCUT2D eigenvalue weighted by atomic mass is 79.9. The van der Waals surface area contributed by atoms with E-state index >= 15 is 0 Å². The topological polar surface area (TPSA) is 68.0 Å². The van der Waals surface area contributed by atoms with Crippen LogP contribution in [0.2, 0.25) is 0 Å². The summed E-state index contributed by atoms with van der Waals surface area (Å²) < 4.78 is 13.9. The number of carbonyl (C=O) groups excluding carboxylic acids is 1. The van der Waals surface area contributed by atoms with E-state index in [9.17, 15) is 9.18 Å². The third-order valence-corrected chi connectivity index (χ3v) is 3.48. The number of nitrogens with two attached hydrogens (primary N) is 1. The van der Waals surface area contributed by atoms with Gasteiger partial charge in [-0.05, 0) is 53.5 Å². The third-order valence-electron chi connectivity index (χ3n) is 2.87. The Morgan fingerprint density at radius 1 is 1.35 bits per heavy atom. The molecule has 0 unspecified atom stereocenters. The molecule has 20 heavy (non-hydrogen) atoms. The fourth-order valence-corrected chi connectivity index (χ4v) is 2.21. The number of amides is 1. The predicted octanol–water partition coefficient (Wildman–Crippen LogP) is 3.43. The van der Waals surface area contributed by atoms with Crippen molar-refractivity contribution < 1.29 is 9.18 Å². The number of nitrogens with one attached hydrogen (secondary N) is 1. The van der Waals surface area contributed by atoms with Crippen LogP contribution in [0.25, 0.3) is 0 Å². The summed E-state index contributed by atoms with van der Waals surface area (Å²) in [7, 11) is 0. The van der Waals surface area contributed by atoms with Crippen molar-refractivity contribution in [3.63, 3.8) is 0 Å². The summed E-state index contributed by atoms with van der Waals surface area (Å²) in [6.45, 7) is 3.49. The molecule has 0 aliphatic carbocycles. The number of hydrogen-bond donors (Lipinski definition) is 2. The molecule has 0 radical (unpaired) electrons. The number of anilines is 2. The summed E-state index contributed by atoms with van der Waals surface area (Å²) in [5.41, 5.74) is 8.12. The molecule has 0 aliphatic rings. The SMILES string of the molecule is Cc1cc(Br)c(F)cc1NC(=O)c1cc(N)cnc1C. The van der Waals surface area contributed by atoms with Crippen LogP contribution in [0, 0.1) is 19.7 Å². The van der Waals surface area contributed by atoms with Gasteiger partial charge in [0.1, 0.15) is 5.82 Å². The molecular weight excluding hydrogens is 325 g/mol. The van der Waals surface area contributed by atoms with Gasteiger partial charge in [0.2, 0.25) is 0 Å². The van der Waals surface area contributed by atoms with Crippen molar-refractivity contribution in [2.75, 3.05) is 11.1 Å². The number of hydrogen-bond acceptors (Lipinski definition) is 3. The normalized spacial score (nSPS) is 10.4. The fourth-order valence-electron chi connectivity index (χ4n) is 1.75. The van der Waals surface area contributed by atoms with Crippen molar-refractivity contribution in [1.82, 2.24) is 4.98 Å². The van der Waals surface area contributed by atoms with Crippen LogP contribution in [-0.4, -0.2) is 10.9 Å². The molecule has 1 aromatic carbocycles. The van der Waals surface area contributed by atoms with Gasteiger partial charge < -0.3 is 11.1 Å². The Kier molecular flexibility index (Phi) is 4.04. The molecule has 2 rings (SSSR count). The standard InChI is InChI=1S/C14H13BrFN3O/c1-7-3-11(15)12(16)5-13(7)19-14(20)10-4-9(17)6-18-8(10)2/h3-6H,17H2,1-2H3,(H,19,20). The summed E-state index contributed by atoms with van der Waals surface area (Å²) in [5.74, 6) is -0.805. The third kappa shape index (κ3) is 2.96. The maximum Gasteiger partial charge on any atom is 0.257 e. The lowest BCUT2D eigenvalue weighted by molar-refractivity contribution is 0.102. The van der Waals surface area contributed by atoms with E-state index in [1.807, 2.05) is 0 Å². The first-order valence-electron chi connectivity index (χ1n) is 5.87. The second-order valence-electron chi connectivity index (χ2n) is 4.44. The highest BCUT2D eigenvalue weighted by Gasteiger charge is 2.13. The Balaban J connectivity index is 2.32. The molecule has 1 heterocycles. The van der Waals surface area contributed by atoms with E-state index in [0.717, 1.165) is 5.56 Å². The average molecular weight is 338 g/mol. The molecule has 2 aromatic rings. The molecule has 104 valence electrons. The number of pyridine rings is 1. The molecule has 0 saturated heterocycles. The quantitative estimate of drug-likeness (QED) is 0.881. The van der Waals surface area contributed by atoms with Gasteiger partial charge >= 0.3 is 0 Å². The Labute approximate surface area is 124 Å². The number of nitrogen functional groups attached to an aromatic ring is 1. The minimum Gasteiger partial charge on any atom is -0.397 e. The van der Waals surface area contributed by atoms with Crippen LogP contribution in [0.4, 0.5) is 15.8 Å². The Bertz CT molecular complexity index is 688. The fraction of sp³-hybridized carbons (Fsp3) is 0.143. The van der Waals surface area contributed by atoms with E-state index in [0.29, 0.717) is 27.1 Å². The predicted molar refractivity (Wildman–Crippen MR) is 80.2 cm³/mol. The van der Waals surface area contributed by atoms with Gasteiger partial charge in [0.05, 0.1) is 27.6 Å². The molecule has 4 nitrogen and oxygen atoms in total. The van der Waals surface area contributed by atoms with Crippen LogP contribution in [-0.2, 0) is 0 Å². The number of rotatable bonds is 2. The molecule has 0 atom stereocenters. The van der Waals surface area contributed by atoms with E-state index < -0.39 is 5.82 Å². The van der Waals surface area contributed by atoms with E-state index in [-0.39, 0.29) is 5.91 Å². The van der Waals surface area contributed by atoms with Crippen molar-refractivity contribution in [2.45, 2.75) is 13.8 Å². The lowest BCUT2D eigenvalue weighted by Crippen LogP contribution is -2.15. The van der Waals surface area contributed by atoms with E-state index in [1.54, 1.807) is 26.0 Å².